The first kappa shape index (κ1) is 15.6. The average Bonchev–Trinajstić information content (AvgIpc) is 3.00. The molecule has 0 bridgehead atoms. The van der Waals surface area contributed by atoms with Crippen molar-refractivity contribution < 1.29 is 4.79 Å². The maximum absolute atomic E-state index is 12.5. The van der Waals surface area contributed by atoms with E-state index in [1.165, 1.54) is 0 Å². The number of nitrogens with zero attached hydrogens (tertiary/aromatic N) is 1. The Labute approximate surface area is 141 Å². The number of aryl methyl sites for hydroxylation is 1. The highest BCUT2D eigenvalue weighted by Gasteiger charge is 2.12. The third-order valence-electron chi connectivity index (χ3n) is 3.43. The summed E-state index contributed by atoms with van der Waals surface area (Å²) >= 11 is 6.72. The zero-order valence-electron chi connectivity index (χ0n) is 12.5. The lowest BCUT2D eigenvalue weighted by molar-refractivity contribution is 0.101. The van der Waals surface area contributed by atoms with Crippen LogP contribution < -0.4 is 11.0 Å². The van der Waals surface area contributed by atoms with Gasteiger partial charge in [0.2, 0.25) is 0 Å². The van der Waals surface area contributed by atoms with Crippen LogP contribution in [0.4, 0.5) is 0 Å². The van der Waals surface area contributed by atoms with Crippen molar-refractivity contribution in [1.82, 2.24) is 9.66 Å². The number of para-hydroxylation sites is 1. The van der Waals surface area contributed by atoms with E-state index in [0.29, 0.717) is 16.5 Å². The second-order valence-corrected chi connectivity index (χ2v) is 6.49. The minimum absolute atomic E-state index is 0.158. The number of hydrogen-bond donors (Lipinski definition) is 2. The van der Waals surface area contributed by atoms with Gasteiger partial charge in [-0.05, 0) is 36.8 Å². The van der Waals surface area contributed by atoms with Crippen LogP contribution in [0.5, 0.6) is 0 Å². The predicted molar refractivity (Wildman–Crippen MR) is 95.4 cm³/mol. The zero-order valence-corrected chi connectivity index (χ0v) is 14.1. The first-order valence-electron chi connectivity index (χ1n) is 7.23. The molecule has 0 atom stereocenters. The molecule has 0 saturated carbocycles. The number of fused-ring (bicyclic) bond motifs is 1. The molecule has 0 saturated heterocycles. The van der Waals surface area contributed by atoms with E-state index >= 15 is 0 Å². The summed E-state index contributed by atoms with van der Waals surface area (Å²) in [5.41, 5.74) is 3.42. The number of aromatic nitrogens is 2. The lowest BCUT2D eigenvalue weighted by Gasteiger charge is -2.08. The van der Waals surface area contributed by atoms with Crippen molar-refractivity contribution in [2.45, 2.75) is 19.8 Å². The first-order chi connectivity index (χ1) is 11.1. The van der Waals surface area contributed by atoms with Gasteiger partial charge in [-0.2, -0.15) is 4.68 Å². The van der Waals surface area contributed by atoms with Crippen LogP contribution in [0.1, 0.15) is 28.6 Å². The number of benzene rings is 1. The van der Waals surface area contributed by atoms with Crippen LogP contribution in [0.3, 0.4) is 0 Å². The topological polar surface area (TPSA) is 66.9 Å². The Hall–Kier alpha value is -2.25. The molecule has 7 heteroatoms. The number of H-pyrrole nitrogens is 1. The van der Waals surface area contributed by atoms with E-state index in [1.807, 2.05) is 12.1 Å². The third-order valence-corrected chi connectivity index (χ3v) is 4.71. The molecule has 2 heterocycles. The Kier molecular flexibility index (Phi) is 4.40. The van der Waals surface area contributed by atoms with Crippen LogP contribution in [0, 0.1) is 4.77 Å². The molecule has 0 fully saturated rings. The summed E-state index contributed by atoms with van der Waals surface area (Å²) in [4.78, 5) is 28.9. The summed E-state index contributed by atoms with van der Waals surface area (Å²) in [5, 5.41) is 2.26. The van der Waals surface area contributed by atoms with Crippen molar-refractivity contribution in [2.75, 3.05) is 5.43 Å². The highest BCUT2D eigenvalue weighted by atomic mass is 32.1. The van der Waals surface area contributed by atoms with Crippen LogP contribution in [-0.4, -0.2) is 15.6 Å². The lowest BCUT2D eigenvalue weighted by atomic mass is 10.2. The molecule has 0 aliphatic heterocycles. The molecule has 5 nitrogen and oxygen atoms in total. The summed E-state index contributed by atoms with van der Waals surface area (Å²) in [6.45, 7) is 2.09. The molecule has 3 aromatic rings. The quantitative estimate of drug-likeness (QED) is 0.712. The second kappa shape index (κ2) is 6.47. The largest absolute Gasteiger partial charge is 0.330 e. The molecule has 0 radical (unpaired) electrons. The van der Waals surface area contributed by atoms with Crippen molar-refractivity contribution in [1.29, 1.82) is 0 Å². The Balaban J connectivity index is 1.96. The van der Waals surface area contributed by atoms with E-state index in [2.05, 4.69) is 17.3 Å². The molecular formula is C16H15N3O2S2. The van der Waals surface area contributed by atoms with Crippen LogP contribution in [0.15, 0.2) is 40.5 Å². The normalized spacial score (nSPS) is 10.8. The number of thiophene rings is 1. The minimum atomic E-state index is -0.347. The van der Waals surface area contributed by atoms with E-state index < -0.39 is 0 Å². The van der Waals surface area contributed by atoms with E-state index in [9.17, 15) is 9.59 Å². The molecule has 1 aromatic carbocycles. The number of aromatic amines is 1. The smallest absolute Gasteiger partial charge is 0.281 e. The molecule has 0 unspecified atom stereocenters. The van der Waals surface area contributed by atoms with Crippen molar-refractivity contribution in [3.63, 3.8) is 0 Å². The Morgan fingerprint density at radius 2 is 2.17 bits per heavy atom. The van der Waals surface area contributed by atoms with E-state index in [-0.39, 0.29) is 16.2 Å². The van der Waals surface area contributed by atoms with Gasteiger partial charge in [-0.1, -0.05) is 25.5 Å². The van der Waals surface area contributed by atoms with Gasteiger partial charge in [-0.15, -0.1) is 11.3 Å². The number of carbonyl (C=O) groups is 1. The molecule has 3 rings (SSSR count). The molecule has 23 heavy (non-hydrogen) atoms. The Morgan fingerprint density at radius 1 is 1.39 bits per heavy atom. The molecule has 0 aliphatic rings. The predicted octanol–water partition coefficient (Wildman–Crippen LogP) is 3.46. The van der Waals surface area contributed by atoms with Gasteiger partial charge in [-0.25, -0.2) is 0 Å². The van der Waals surface area contributed by atoms with Crippen LogP contribution >= 0.6 is 23.6 Å². The number of hydrogen-bond acceptors (Lipinski definition) is 4. The standard InChI is InChI=1S/C16H15N3O2S2/c1-2-5-11-8-10(9-23-11)14(20)18-19-15(21)12-6-3-4-7-13(12)17-16(19)22/h3-4,6-9H,2,5H2,1H3,(H,17,22)(H,18,20). The van der Waals surface area contributed by atoms with Gasteiger partial charge in [-0.3, -0.25) is 15.0 Å². The monoisotopic (exact) mass is 345 g/mol. The molecule has 0 aliphatic carbocycles. The van der Waals surface area contributed by atoms with Gasteiger partial charge >= 0.3 is 0 Å². The summed E-state index contributed by atoms with van der Waals surface area (Å²) in [6.07, 6.45) is 1.96. The van der Waals surface area contributed by atoms with E-state index in [1.54, 1.807) is 34.9 Å². The van der Waals surface area contributed by atoms with E-state index in [0.717, 1.165) is 22.4 Å². The summed E-state index contributed by atoms with van der Waals surface area (Å²) in [7, 11) is 0. The molecule has 1 amide bonds. The first-order valence-corrected chi connectivity index (χ1v) is 8.51. The zero-order chi connectivity index (χ0) is 16.4. The third kappa shape index (κ3) is 3.11. The van der Waals surface area contributed by atoms with Crippen molar-refractivity contribution in [3.05, 3.63) is 61.3 Å². The lowest BCUT2D eigenvalue weighted by Crippen LogP contribution is -2.34. The maximum atomic E-state index is 12.5. The maximum Gasteiger partial charge on any atom is 0.281 e. The van der Waals surface area contributed by atoms with Crippen LogP contribution in [0.2, 0.25) is 0 Å². The van der Waals surface area contributed by atoms with Crippen molar-refractivity contribution in [2.24, 2.45) is 0 Å². The van der Waals surface area contributed by atoms with Crippen molar-refractivity contribution in [3.8, 4) is 0 Å². The van der Waals surface area contributed by atoms with Crippen LogP contribution in [-0.2, 0) is 6.42 Å². The molecule has 2 aromatic heterocycles. The van der Waals surface area contributed by atoms with Gasteiger partial charge in [0, 0.05) is 10.3 Å². The summed E-state index contributed by atoms with van der Waals surface area (Å²) in [5.74, 6) is -0.347. The van der Waals surface area contributed by atoms with Gasteiger partial charge < -0.3 is 4.98 Å². The fourth-order valence-electron chi connectivity index (χ4n) is 2.31. The SMILES string of the molecule is CCCc1cc(C(=O)Nn2c(=S)[nH]c3ccccc3c2=O)cs1. The Morgan fingerprint density at radius 3 is 2.96 bits per heavy atom. The number of nitrogens with one attached hydrogen (secondary N) is 2. The fraction of sp³-hybridized carbons (Fsp3) is 0.188. The van der Waals surface area contributed by atoms with Gasteiger partial charge in [0.05, 0.1) is 16.5 Å². The minimum Gasteiger partial charge on any atom is -0.330 e. The van der Waals surface area contributed by atoms with Crippen molar-refractivity contribution >= 4 is 40.4 Å². The highest BCUT2D eigenvalue weighted by Crippen LogP contribution is 2.16. The molecule has 2 N–H and O–H groups in total. The fourth-order valence-corrected chi connectivity index (χ4v) is 3.52. The molecular weight excluding hydrogens is 330 g/mol. The Bertz CT molecular complexity index is 985. The van der Waals surface area contributed by atoms with E-state index in [4.69, 9.17) is 12.2 Å². The second-order valence-electron chi connectivity index (χ2n) is 5.11. The van der Waals surface area contributed by atoms with Gasteiger partial charge in [0.25, 0.3) is 11.5 Å². The summed E-state index contributed by atoms with van der Waals surface area (Å²) < 4.78 is 1.24. The summed E-state index contributed by atoms with van der Waals surface area (Å²) in [6, 6.07) is 8.89. The number of rotatable bonds is 4. The van der Waals surface area contributed by atoms with Gasteiger partial charge in [0.1, 0.15) is 0 Å². The highest BCUT2D eigenvalue weighted by molar-refractivity contribution is 7.71. The molecule has 0 spiro atoms. The number of carbonyl (C=O) groups excluding carboxylic acids is 1. The van der Waals surface area contributed by atoms with Crippen LogP contribution in [0.25, 0.3) is 10.9 Å². The molecule has 118 valence electrons. The van der Waals surface area contributed by atoms with Gasteiger partial charge in [0.15, 0.2) is 4.77 Å². The average molecular weight is 345 g/mol. The number of amides is 1.